The third-order valence-corrected chi connectivity index (χ3v) is 4.41. The number of hydrogen-bond donors (Lipinski definition) is 1. The van der Waals surface area contributed by atoms with Crippen molar-refractivity contribution in [3.05, 3.63) is 104 Å². The zero-order chi connectivity index (χ0) is 18.5. The minimum Gasteiger partial charge on any atom is -0.478 e. The third kappa shape index (κ3) is 4.58. The maximum atomic E-state index is 12.3. The van der Waals surface area contributed by atoms with E-state index in [9.17, 15) is 9.59 Å². The Bertz CT molecular complexity index is 1020. The Morgan fingerprint density at radius 2 is 1.73 bits per heavy atom. The maximum Gasteiger partial charge on any atom is 0.335 e. The first kappa shape index (κ1) is 17.9. The summed E-state index contributed by atoms with van der Waals surface area (Å²) < 4.78 is 2.57. The summed E-state index contributed by atoms with van der Waals surface area (Å²) in [5.74, 6) is -0.979. The Morgan fingerprint density at radius 1 is 1.00 bits per heavy atom. The van der Waals surface area contributed by atoms with Crippen molar-refractivity contribution in [3.8, 4) is 0 Å². The Morgan fingerprint density at radius 3 is 2.42 bits per heavy atom. The summed E-state index contributed by atoms with van der Waals surface area (Å²) in [5.41, 5.74) is 2.70. The van der Waals surface area contributed by atoms with Crippen LogP contribution < -0.4 is 5.56 Å². The van der Waals surface area contributed by atoms with E-state index in [1.807, 2.05) is 42.5 Å². The Hall–Kier alpha value is -2.92. The third-order valence-electron chi connectivity index (χ3n) is 3.89. The average Bonchev–Trinajstić information content (AvgIpc) is 2.63. The number of hydrogen-bond acceptors (Lipinski definition) is 2. The number of aromatic carboxylic acids is 1. The molecular formula is C21H16BrNO3. The molecule has 26 heavy (non-hydrogen) atoms. The molecule has 5 heteroatoms. The Kier molecular flexibility index (Phi) is 5.49. The van der Waals surface area contributed by atoms with Crippen LogP contribution in [0.5, 0.6) is 0 Å². The van der Waals surface area contributed by atoms with E-state index >= 15 is 0 Å². The maximum absolute atomic E-state index is 12.3. The van der Waals surface area contributed by atoms with Gasteiger partial charge in [0.15, 0.2) is 0 Å². The van der Waals surface area contributed by atoms with Crippen molar-refractivity contribution in [1.29, 1.82) is 0 Å². The second kappa shape index (κ2) is 7.97. The summed E-state index contributed by atoms with van der Waals surface area (Å²) in [6.07, 6.45) is 5.55. The van der Waals surface area contributed by atoms with Crippen LogP contribution in [0.1, 0.15) is 27.0 Å². The van der Waals surface area contributed by atoms with Gasteiger partial charge in [-0.3, -0.25) is 4.79 Å². The molecule has 0 atom stereocenters. The van der Waals surface area contributed by atoms with Gasteiger partial charge in [-0.2, -0.15) is 0 Å². The van der Waals surface area contributed by atoms with Gasteiger partial charge < -0.3 is 9.67 Å². The van der Waals surface area contributed by atoms with Gasteiger partial charge in [-0.05, 0) is 47.0 Å². The molecule has 0 amide bonds. The predicted molar refractivity (Wildman–Crippen MR) is 106 cm³/mol. The van der Waals surface area contributed by atoms with Gasteiger partial charge in [0.25, 0.3) is 5.56 Å². The molecule has 0 unspecified atom stereocenters. The number of nitrogens with zero attached hydrogens (tertiary/aromatic N) is 1. The molecule has 0 fully saturated rings. The lowest BCUT2D eigenvalue weighted by Crippen LogP contribution is -2.19. The first-order chi connectivity index (χ1) is 12.5. The molecule has 130 valence electrons. The van der Waals surface area contributed by atoms with Crippen LogP contribution >= 0.6 is 15.9 Å². The molecule has 0 aliphatic heterocycles. The van der Waals surface area contributed by atoms with Gasteiger partial charge in [0.2, 0.25) is 0 Å². The summed E-state index contributed by atoms with van der Waals surface area (Å²) >= 11 is 3.40. The van der Waals surface area contributed by atoms with Crippen LogP contribution in [-0.2, 0) is 6.54 Å². The zero-order valence-corrected chi connectivity index (χ0v) is 15.4. The standard InChI is InChI=1S/C21H16BrNO3/c22-19-8-6-15(7-9-19)4-5-16-10-11-23(20(24)13-16)14-17-2-1-3-18(12-17)21(25)26/h1-13H,14H2,(H,25,26)/b5-4+. The predicted octanol–water partition coefficient (Wildman–Crippen LogP) is 4.53. The number of carboxylic acid groups (broad SMARTS) is 1. The lowest BCUT2D eigenvalue weighted by atomic mass is 10.1. The quantitative estimate of drug-likeness (QED) is 0.673. The topological polar surface area (TPSA) is 59.3 Å². The molecule has 0 aliphatic carbocycles. The van der Waals surface area contributed by atoms with Gasteiger partial charge in [0.05, 0.1) is 12.1 Å². The van der Waals surface area contributed by atoms with Gasteiger partial charge in [-0.15, -0.1) is 0 Å². The van der Waals surface area contributed by atoms with Gasteiger partial charge in [-0.25, -0.2) is 4.79 Å². The van der Waals surface area contributed by atoms with E-state index < -0.39 is 5.97 Å². The smallest absolute Gasteiger partial charge is 0.335 e. The second-order valence-corrected chi connectivity index (χ2v) is 6.73. The van der Waals surface area contributed by atoms with Crippen LogP contribution in [0.2, 0.25) is 0 Å². The monoisotopic (exact) mass is 409 g/mol. The first-order valence-corrected chi connectivity index (χ1v) is 8.77. The van der Waals surface area contributed by atoms with Gasteiger partial charge >= 0.3 is 5.97 Å². The molecule has 1 N–H and O–H groups in total. The summed E-state index contributed by atoms with van der Waals surface area (Å²) in [4.78, 5) is 23.4. The number of rotatable bonds is 5. The van der Waals surface area contributed by atoms with Crippen molar-refractivity contribution < 1.29 is 9.90 Å². The molecule has 0 bridgehead atoms. The highest BCUT2D eigenvalue weighted by Crippen LogP contribution is 2.13. The molecule has 2 aromatic carbocycles. The van der Waals surface area contributed by atoms with E-state index in [1.165, 1.54) is 6.07 Å². The SMILES string of the molecule is O=C(O)c1cccc(Cn2ccc(/C=C/c3ccc(Br)cc3)cc2=O)c1. The highest BCUT2D eigenvalue weighted by Gasteiger charge is 2.04. The molecule has 0 aliphatic rings. The number of halogens is 1. The average molecular weight is 410 g/mol. The van der Waals surface area contributed by atoms with Crippen molar-refractivity contribution in [1.82, 2.24) is 4.57 Å². The Labute approximate surface area is 159 Å². The van der Waals surface area contributed by atoms with E-state index in [2.05, 4.69) is 15.9 Å². The van der Waals surface area contributed by atoms with Crippen LogP contribution in [-0.4, -0.2) is 15.6 Å². The summed E-state index contributed by atoms with van der Waals surface area (Å²) in [6.45, 7) is 0.330. The minimum absolute atomic E-state index is 0.135. The first-order valence-electron chi connectivity index (χ1n) is 7.98. The number of carbonyl (C=O) groups is 1. The fraction of sp³-hybridized carbons (Fsp3) is 0.0476. The minimum atomic E-state index is -0.979. The normalized spacial score (nSPS) is 11.0. The molecule has 0 spiro atoms. The van der Waals surface area contributed by atoms with Gasteiger partial charge in [-0.1, -0.05) is 52.3 Å². The van der Waals surface area contributed by atoms with Crippen LogP contribution in [0.4, 0.5) is 0 Å². The van der Waals surface area contributed by atoms with Crippen molar-refractivity contribution in [2.75, 3.05) is 0 Å². The summed E-state index contributed by atoms with van der Waals surface area (Å²) in [7, 11) is 0. The van der Waals surface area contributed by atoms with Crippen molar-refractivity contribution in [2.45, 2.75) is 6.54 Å². The van der Waals surface area contributed by atoms with E-state index in [1.54, 1.807) is 35.0 Å². The Balaban J connectivity index is 1.77. The number of benzene rings is 2. The highest BCUT2D eigenvalue weighted by atomic mass is 79.9. The van der Waals surface area contributed by atoms with Crippen molar-refractivity contribution >= 4 is 34.1 Å². The van der Waals surface area contributed by atoms with Crippen LogP contribution in [0.3, 0.4) is 0 Å². The fourth-order valence-corrected chi connectivity index (χ4v) is 2.79. The van der Waals surface area contributed by atoms with Crippen molar-refractivity contribution in [3.63, 3.8) is 0 Å². The lowest BCUT2D eigenvalue weighted by Gasteiger charge is -2.07. The molecule has 1 aromatic heterocycles. The molecule has 4 nitrogen and oxygen atoms in total. The number of pyridine rings is 1. The van der Waals surface area contributed by atoms with E-state index in [-0.39, 0.29) is 11.1 Å². The number of aromatic nitrogens is 1. The number of carboxylic acids is 1. The highest BCUT2D eigenvalue weighted by molar-refractivity contribution is 9.10. The molecule has 3 rings (SSSR count). The molecule has 3 aromatic rings. The summed E-state index contributed by atoms with van der Waals surface area (Å²) in [5, 5.41) is 9.06. The van der Waals surface area contributed by atoms with Crippen LogP contribution in [0.25, 0.3) is 12.2 Å². The molecular weight excluding hydrogens is 394 g/mol. The van der Waals surface area contributed by atoms with Crippen LogP contribution in [0.15, 0.2) is 76.1 Å². The summed E-state index contributed by atoms with van der Waals surface area (Å²) in [6, 6.07) is 17.9. The zero-order valence-electron chi connectivity index (χ0n) is 13.8. The fourth-order valence-electron chi connectivity index (χ4n) is 2.52. The van der Waals surface area contributed by atoms with E-state index in [4.69, 9.17) is 5.11 Å². The van der Waals surface area contributed by atoms with Gasteiger partial charge in [0.1, 0.15) is 0 Å². The van der Waals surface area contributed by atoms with Gasteiger partial charge in [0, 0.05) is 16.7 Å². The largest absolute Gasteiger partial charge is 0.478 e. The molecule has 0 saturated carbocycles. The lowest BCUT2D eigenvalue weighted by molar-refractivity contribution is 0.0696. The van der Waals surface area contributed by atoms with Crippen molar-refractivity contribution in [2.24, 2.45) is 0 Å². The van der Waals surface area contributed by atoms with E-state index in [0.717, 1.165) is 21.2 Å². The molecule has 1 heterocycles. The van der Waals surface area contributed by atoms with E-state index in [0.29, 0.717) is 6.54 Å². The molecule has 0 saturated heterocycles. The molecule has 0 radical (unpaired) electrons. The second-order valence-electron chi connectivity index (χ2n) is 5.82. The van der Waals surface area contributed by atoms with Crippen LogP contribution in [0, 0.1) is 0 Å².